The van der Waals surface area contributed by atoms with Gasteiger partial charge in [0.2, 0.25) is 6.41 Å². The van der Waals surface area contributed by atoms with Crippen molar-refractivity contribution in [2.75, 3.05) is 5.32 Å². The first kappa shape index (κ1) is 6.78. The molecule has 0 aliphatic carbocycles. The van der Waals surface area contributed by atoms with E-state index >= 15 is 0 Å². The molecule has 0 fully saturated rings. The zero-order valence-electron chi connectivity index (χ0n) is 5.00. The van der Waals surface area contributed by atoms with Gasteiger partial charge in [0.05, 0.1) is 5.56 Å². The second-order valence-corrected chi connectivity index (χ2v) is 2.45. The number of hydrogen-bond acceptors (Lipinski definition) is 3. The molecule has 1 aromatic heterocycles. The van der Waals surface area contributed by atoms with Gasteiger partial charge in [0.25, 0.3) is 0 Å². The molecule has 0 unspecified atom stereocenters. The van der Waals surface area contributed by atoms with Gasteiger partial charge in [-0.1, -0.05) is 0 Å². The van der Waals surface area contributed by atoms with E-state index in [2.05, 4.69) is 5.32 Å². The monoisotopic (exact) mass is 152 g/mol. The Balaban J connectivity index is 2.92. The maximum atomic E-state index is 9.93. The number of nitrogens with zero attached hydrogens (tertiary/aromatic N) is 1. The Hall–Kier alpha value is -1.34. The first-order valence-corrected chi connectivity index (χ1v) is 3.44. The molecule has 0 atom stereocenters. The van der Waals surface area contributed by atoms with Crippen molar-refractivity contribution in [2.24, 2.45) is 0 Å². The molecule has 4 heteroatoms. The second-order valence-electron chi connectivity index (χ2n) is 1.54. The second kappa shape index (κ2) is 2.99. The predicted molar refractivity (Wildman–Crippen MR) is 38.7 cm³/mol. The Labute approximate surface area is 61.9 Å². The molecule has 1 heterocycles. The fourth-order valence-electron chi connectivity index (χ4n) is 0.563. The number of hydrogen-bond donors (Lipinski definition) is 1. The van der Waals surface area contributed by atoms with Gasteiger partial charge in [0.1, 0.15) is 11.1 Å². The maximum Gasteiger partial charge on any atom is 0.212 e. The van der Waals surface area contributed by atoms with Crippen molar-refractivity contribution in [2.45, 2.75) is 0 Å². The number of carbonyl (C=O) groups excluding carboxylic acids is 1. The summed E-state index contributed by atoms with van der Waals surface area (Å²) in [6.07, 6.45) is 0.562. The molecule has 1 rings (SSSR count). The molecular weight excluding hydrogens is 148 g/mol. The minimum Gasteiger partial charge on any atom is -0.319 e. The molecule has 1 amide bonds. The maximum absolute atomic E-state index is 9.93. The molecule has 3 nitrogen and oxygen atoms in total. The van der Waals surface area contributed by atoms with Gasteiger partial charge < -0.3 is 5.32 Å². The van der Waals surface area contributed by atoms with E-state index in [0.717, 1.165) is 0 Å². The van der Waals surface area contributed by atoms with Crippen LogP contribution in [0.1, 0.15) is 5.56 Å². The fraction of sp³-hybridized carbons (Fsp3) is 0. The van der Waals surface area contributed by atoms with Crippen molar-refractivity contribution in [3.05, 3.63) is 17.0 Å². The van der Waals surface area contributed by atoms with Gasteiger partial charge >= 0.3 is 0 Å². The number of rotatable bonds is 2. The van der Waals surface area contributed by atoms with Crippen molar-refractivity contribution >= 4 is 22.7 Å². The lowest BCUT2D eigenvalue weighted by molar-refractivity contribution is -0.105. The fourth-order valence-corrected chi connectivity index (χ4v) is 1.26. The van der Waals surface area contributed by atoms with Crippen molar-refractivity contribution in [3.8, 4) is 6.07 Å². The van der Waals surface area contributed by atoms with Gasteiger partial charge in [-0.15, -0.1) is 11.3 Å². The third-order valence-corrected chi connectivity index (χ3v) is 1.82. The first-order valence-electron chi connectivity index (χ1n) is 2.56. The Kier molecular flexibility index (Phi) is 2.03. The standard InChI is InChI=1S/C6H4N2OS/c7-3-5-1-2-10-6(5)8-4-9/h1-2,4H,(H,8,9). The molecule has 1 aromatic rings. The average molecular weight is 152 g/mol. The van der Waals surface area contributed by atoms with Crippen LogP contribution in [0.5, 0.6) is 0 Å². The SMILES string of the molecule is N#Cc1ccsc1NC=O. The summed E-state index contributed by atoms with van der Waals surface area (Å²) in [5.74, 6) is 0. The van der Waals surface area contributed by atoms with Gasteiger partial charge in [-0.3, -0.25) is 4.79 Å². The van der Waals surface area contributed by atoms with E-state index in [1.807, 2.05) is 6.07 Å². The van der Waals surface area contributed by atoms with Crippen LogP contribution in [0.4, 0.5) is 5.00 Å². The molecule has 0 saturated heterocycles. The van der Waals surface area contributed by atoms with E-state index in [9.17, 15) is 4.79 Å². The third-order valence-electron chi connectivity index (χ3n) is 0.976. The van der Waals surface area contributed by atoms with E-state index < -0.39 is 0 Å². The summed E-state index contributed by atoms with van der Waals surface area (Å²) < 4.78 is 0. The number of nitrogens with one attached hydrogen (secondary N) is 1. The summed E-state index contributed by atoms with van der Waals surface area (Å²) in [6, 6.07) is 3.61. The molecule has 0 radical (unpaired) electrons. The van der Waals surface area contributed by atoms with Crippen LogP contribution < -0.4 is 5.32 Å². The summed E-state index contributed by atoms with van der Waals surface area (Å²) in [7, 11) is 0. The average Bonchev–Trinajstić information content (AvgIpc) is 2.36. The highest BCUT2D eigenvalue weighted by atomic mass is 32.1. The Morgan fingerprint density at radius 1 is 1.80 bits per heavy atom. The van der Waals surface area contributed by atoms with Crippen LogP contribution in [-0.2, 0) is 4.79 Å². The van der Waals surface area contributed by atoms with E-state index in [4.69, 9.17) is 5.26 Å². The van der Waals surface area contributed by atoms with Crippen LogP contribution >= 0.6 is 11.3 Å². The Morgan fingerprint density at radius 3 is 3.20 bits per heavy atom. The van der Waals surface area contributed by atoms with Crippen LogP contribution in [0.25, 0.3) is 0 Å². The molecule has 50 valence electrons. The highest BCUT2D eigenvalue weighted by Gasteiger charge is 1.99. The Bertz CT molecular complexity index is 274. The van der Waals surface area contributed by atoms with E-state index in [1.54, 1.807) is 11.4 Å². The smallest absolute Gasteiger partial charge is 0.212 e. The lowest BCUT2D eigenvalue weighted by Gasteiger charge is -1.89. The van der Waals surface area contributed by atoms with Gasteiger partial charge in [-0.2, -0.15) is 5.26 Å². The van der Waals surface area contributed by atoms with E-state index in [1.165, 1.54) is 11.3 Å². The van der Waals surface area contributed by atoms with Crippen molar-refractivity contribution in [1.82, 2.24) is 0 Å². The lowest BCUT2D eigenvalue weighted by Crippen LogP contribution is -1.91. The van der Waals surface area contributed by atoms with Crippen molar-refractivity contribution < 1.29 is 4.79 Å². The summed E-state index contributed by atoms with van der Waals surface area (Å²) in [6.45, 7) is 0. The molecule has 0 aliphatic heterocycles. The number of carbonyl (C=O) groups is 1. The van der Waals surface area contributed by atoms with Gasteiger partial charge in [-0.25, -0.2) is 0 Å². The molecule has 0 spiro atoms. The summed E-state index contributed by atoms with van der Waals surface area (Å²) in [5, 5.41) is 13.2. The van der Waals surface area contributed by atoms with Crippen LogP contribution in [0.3, 0.4) is 0 Å². The van der Waals surface area contributed by atoms with Gasteiger partial charge in [0.15, 0.2) is 0 Å². The molecule has 1 N–H and O–H groups in total. The zero-order chi connectivity index (χ0) is 7.40. The van der Waals surface area contributed by atoms with Crippen molar-refractivity contribution in [3.63, 3.8) is 0 Å². The van der Waals surface area contributed by atoms with Crippen LogP contribution in [0, 0.1) is 11.3 Å². The Morgan fingerprint density at radius 2 is 2.60 bits per heavy atom. The van der Waals surface area contributed by atoms with Crippen molar-refractivity contribution in [1.29, 1.82) is 5.26 Å². The predicted octanol–water partition coefficient (Wildman–Crippen LogP) is 1.19. The highest BCUT2D eigenvalue weighted by molar-refractivity contribution is 7.14. The summed E-state index contributed by atoms with van der Waals surface area (Å²) in [4.78, 5) is 9.93. The third kappa shape index (κ3) is 1.14. The molecule has 10 heavy (non-hydrogen) atoms. The largest absolute Gasteiger partial charge is 0.319 e. The summed E-state index contributed by atoms with van der Waals surface area (Å²) >= 11 is 1.33. The number of amides is 1. The number of thiophene rings is 1. The van der Waals surface area contributed by atoms with Crippen LogP contribution in [0.2, 0.25) is 0 Å². The summed E-state index contributed by atoms with van der Waals surface area (Å²) in [5.41, 5.74) is 0.511. The van der Waals surface area contributed by atoms with E-state index in [0.29, 0.717) is 17.0 Å². The first-order chi connectivity index (χ1) is 4.88. The van der Waals surface area contributed by atoms with Gasteiger partial charge in [0, 0.05) is 0 Å². The van der Waals surface area contributed by atoms with Gasteiger partial charge in [-0.05, 0) is 11.4 Å². The number of anilines is 1. The zero-order valence-corrected chi connectivity index (χ0v) is 5.81. The minimum atomic E-state index is 0.511. The molecular formula is C6H4N2OS. The molecule has 0 aliphatic rings. The van der Waals surface area contributed by atoms with Crippen LogP contribution in [0.15, 0.2) is 11.4 Å². The molecule has 0 saturated carbocycles. The topological polar surface area (TPSA) is 52.9 Å². The van der Waals surface area contributed by atoms with Crippen LogP contribution in [-0.4, -0.2) is 6.41 Å². The normalized spacial score (nSPS) is 8.30. The molecule has 0 bridgehead atoms. The van der Waals surface area contributed by atoms with E-state index in [-0.39, 0.29) is 0 Å². The minimum absolute atomic E-state index is 0.511. The highest BCUT2D eigenvalue weighted by Crippen LogP contribution is 2.20. The quantitative estimate of drug-likeness (QED) is 0.647. The lowest BCUT2D eigenvalue weighted by atomic mass is 10.3. The molecule has 0 aromatic carbocycles. The number of nitriles is 1.